The summed E-state index contributed by atoms with van der Waals surface area (Å²) >= 11 is 12.3. The highest BCUT2D eigenvalue weighted by Crippen LogP contribution is 2.27. The summed E-state index contributed by atoms with van der Waals surface area (Å²) < 4.78 is 34.0. The highest BCUT2D eigenvalue weighted by Gasteiger charge is 2.27. The minimum absolute atomic E-state index is 0.0355. The van der Waals surface area contributed by atoms with E-state index in [2.05, 4.69) is 22.4 Å². The molecule has 37 heavy (non-hydrogen) atoms. The van der Waals surface area contributed by atoms with Crippen molar-refractivity contribution in [3.63, 3.8) is 0 Å². The van der Waals surface area contributed by atoms with E-state index in [0.29, 0.717) is 21.4 Å². The van der Waals surface area contributed by atoms with Crippen molar-refractivity contribution >= 4 is 51.3 Å². The van der Waals surface area contributed by atoms with Gasteiger partial charge in [-0.1, -0.05) is 53.0 Å². The van der Waals surface area contributed by atoms with Crippen molar-refractivity contribution in [1.82, 2.24) is 15.0 Å². The maximum atomic E-state index is 13.5. The summed E-state index contributed by atoms with van der Waals surface area (Å²) in [5.41, 5.74) is 3.56. The Bertz CT molecular complexity index is 1420. The monoisotopic (exact) mass is 562 g/mol. The number of halogens is 2. The number of nitrogens with one attached hydrogen (secondary N) is 2. The normalized spacial score (nSPS) is 11.6. The molecular weight excluding hydrogens is 539 g/mol. The molecule has 0 unspecified atom stereocenters. The van der Waals surface area contributed by atoms with Crippen molar-refractivity contribution in [2.24, 2.45) is 5.10 Å². The van der Waals surface area contributed by atoms with Crippen LogP contribution in [0.15, 0.2) is 81.7 Å². The summed E-state index contributed by atoms with van der Waals surface area (Å²) in [5.74, 6) is -1.27. The molecule has 0 aliphatic carbocycles. The van der Waals surface area contributed by atoms with Crippen LogP contribution >= 0.6 is 23.2 Å². The van der Waals surface area contributed by atoms with Gasteiger partial charge in [-0.3, -0.25) is 9.59 Å². The molecule has 0 aliphatic rings. The van der Waals surface area contributed by atoms with Crippen LogP contribution in [0.25, 0.3) is 0 Å². The van der Waals surface area contributed by atoms with Crippen molar-refractivity contribution in [3.05, 3.63) is 99.9 Å². The summed E-state index contributed by atoms with van der Waals surface area (Å²) in [6, 6.07) is 14.5. The third kappa shape index (κ3) is 7.77. The average molecular weight is 563 g/mol. The molecule has 1 heterocycles. The van der Waals surface area contributed by atoms with Gasteiger partial charge in [0.05, 0.1) is 17.7 Å². The minimum atomic E-state index is -3.94. The first kappa shape index (κ1) is 28.1. The van der Waals surface area contributed by atoms with Crippen LogP contribution in [0.5, 0.6) is 0 Å². The Labute approximate surface area is 224 Å². The molecule has 0 fully saturated rings. The number of carbonyl (C=O) groups excluding carboxylic acids is 2. The molecule has 0 saturated carbocycles. The van der Waals surface area contributed by atoms with Gasteiger partial charge in [-0.15, -0.1) is 6.58 Å². The Morgan fingerprint density at radius 2 is 1.78 bits per heavy atom. The van der Waals surface area contributed by atoms with E-state index in [1.165, 1.54) is 28.7 Å². The van der Waals surface area contributed by atoms with E-state index in [1.54, 1.807) is 42.5 Å². The topological polar surface area (TPSA) is 121 Å². The van der Waals surface area contributed by atoms with Crippen LogP contribution in [0.2, 0.25) is 10.0 Å². The molecule has 9 nitrogen and oxygen atoms in total. The van der Waals surface area contributed by atoms with Gasteiger partial charge in [0.2, 0.25) is 10.0 Å². The summed E-state index contributed by atoms with van der Waals surface area (Å²) in [5, 5.41) is 6.77. The minimum Gasteiger partial charge on any atom is -0.459 e. The maximum Gasteiger partial charge on any atom is 0.329 e. The lowest BCUT2D eigenvalue weighted by Gasteiger charge is -2.22. The second kappa shape index (κ2) is 12.7. The van der Waals surface area contributed by atoms with Crippen LogP contribution in [-0.2, 0) is 32.7 Å². The fourth-order valence-corrected chi connectivity index (χ4v) is 4.95. The van der Waals surface area contributed by atoms with Gasteiger partial charge in [-0.2, -0.15) is 9.41 Å². The van der Waals surface area contributed by atoms with Crippen LogP contribution in [0.3, 0.4) is 0 Å². The van der Waals surface area contributed by atoms with Gasteiger partial charge in [0.15, 0.2) is 0 Å². The standard InChI is InChI=1S/C25H24Cl2N4O5S/c1-3-12-28-24(32)25(33)30-29-14-20-8-9-21(36-20)16-31(15-18-6-7-19(26)13-23(18)27)37(34,35)22-10-4-17(2)5-11-22/h3-11,13-14H,1,12,15-16H2,2H3,(H,28,32)(H,30,33)/b29-14+. The van der Waals surface area contributed by atoms with Crippen molar-refractivity contribution in [1.29, 1.82) is 0 Å². The molecule has 2 aromatic carbocycles. The van der Waals surface area contributed by atoms with Gasteiger partial charge in [0.25, 0.3) is 0 Å². The summed E-state index contributed by atoms with van der Waals surface area (Å²) in [7, 11) is -3.94. The van der Waals surface area contributed by atoms with E-state index in [0.717, 1.165) is 5.56 Å². The van der Waals surface area contributed by atoms with Gasteiger partial charge >= 0.3 is 11.8 Å². The smallest absolute Gasteiger partial charge is 0.329 e. The molecule has 12 heteroatoms. The predicted molar refractivity (Wildman–Crippen MR) is 142 cm³/mol. The number of hydrogen-bond donors (Lipinski definition) is 2. The molecule has 0 aliphatic heterocycles. The Morgan fingerprint density at radius 1 is 1.05 bits per heavy atom. The lowest BCUT2D eigenvalue weighted by atomic mass is 10.2. The van der Waals surface area contributed by atoms with Gasteiger partial charge in [0, 0.05) is 23.1 Å². The molecule has 194 valence electrons. The second-order valence-corrected chi connectivity index (χ2v) is 10.6. The van der Waals surface area contributed by atoms with E-state index >= 15 is 0 Å². The van der Waals surface area contributed by atoms with E-state index < -0.39 is 21.8 Å². The number of sulfonamides is 1. The molecule has 3 aromatic rings. The third-order valence-corrected chi connectivity index (χ3v) is 7.40. The van der Waals surface area contributed by atoms with Crippen LogP contribution in [0.4, 0.5) is 0 Å². The number of nitrogens with zero attached hydrogens (tertiary/aromatic N) is 2. The molecule has 0 bridgehead atoms. The Kier molecular flexibility index (Phi) is 9.65. The lowest BCUT2D eigenvalue weighted by molar-refractivity contribution is -0.139. The Hall–Kier alpha value is -3.44. The van der Waals surface area contributed by atoms with Crippen LogP contribution < -0.4 is 10.7 Å². The number of carbonyl (C=O) groups is 2. The number of hydrazone groups is 1. The lowest BCUT2D eigenvalue weighted by Crippen LogP contribution is -2.37. The Morgan fingerprint density at radius 3 is 2.46 bits per heavy atom. The van der Waals surface area contributed by atoms with Crippen molar-refractivity contribution < 1.29 is 22.4 Å². The Balaban J connectivity index is 1.80. The summed E-state index contributed by atoms with van der Waals surface area (Å²) in [4.78, 5) is 23.3. The second-order valence-electron chi connectivity index (χ2n) is 7.82. The van der Waals surface area contributed by atoms with E-state index in [4.69, 9.17) is 27.6 Å². The van der Waals surface area contributed by atoms with Crippen molar-refractivity contribution in [2.45, 2.75) is 24.9 Å². The number of aryl methyl sites for hydroxylation is 1. The first-order valence-electron chi connectivity index (χ1n) is 10.9. The van der Waals surface area contributed by atoms with Gasteiger partial charge in [-0.25, -0.2) is 13.8 Å². The molecular formula is C25H24Cl2N4O5S. The highest BCUT2D eigenvalue weighted by atomic mass is 35.5. The molecule has 0 radical (unpaired) electrons. The zero-order valence-corrected chi connectivity index (χ0v) is 22.1. The van der Waals surface area contributed by atoms with E-state index in [1.807, 2.05) is 6.92 Å². The van der Waals surface area contributed by atoms with E-state index in [9.17, 15) is 18.0 Å². The third-order valence-electron chi connectivity index (χ3n) is 5.01. The quantitative estimate of drug-likeness (QED) is 0.167. The van der Waals surface area contributed by atoms with Crippen molar-refractivity contribution in [3.8, 4) is 0 Å². The average Bonchev–Trinajstić information content (AvgIpc) is 3.31. The fraction of sp³-hybridized carbons (Fsp3) is 0.160. The number of rotatable bonds is 10. The number of furan rings is 1. The molecule has 0 saturated heterocycles. The molecule has 2 amide bonds. The largest absolute Gasteiger partial charge is 0.459 e. The highest BCUT2D eigenvalue weighted by molar-refractivity contribution is 7.89. The molecule has 0 atom stereocenters. The summed E-state index contributed by atoms with van der Waals surface area (Å²) in [6.45, 7) is 5.30. The summed E-state index contributed by atoms with van der Waals surface area (Å²) in [6.07, 6.45) is 2.62. The SMILES string of the molecule is C=CCNC(=O)C(=O)N/N=C/c1ccc(CN(Cc2ccc(Cl)cc2Cl)S(=O)(=O)c2ccc(C)cc2)o1. The van der Waals surface area contributed by atoms with Crippen molar-refractivity contribution in [2.75, 3.05) is 6.54 Å². The molecule has 0 spiro atoms. The number of hydrogen-bond acceptors (Lipinski definition) is 6. The zero-order chi connectivity index (χ0) is 27.0. The van der Waals surface area contributed by atoms with E-state index in [-0.39, 0.29) is 30.3 Å². The maximum absolute atomic E-state index is 13.5. The predicted octanol–water partition coefficient (Wildman–Crippen LogP) is 4.04. The van der Waals surface area contributed by atoms with Gasteiger partial charge in [-0.05, 0) is 48.9 Å². The van der Waals surface area contributed by atoms with Crippen LogP contribution in [-0.4, -0.2) is 37.3 Å². The van der Waals surface area contributed by atoms with Crippen LogP contribution in [0.1, 0.15) is 22.6 Å². The number of benzene rings is 2. The molecule has 1 aromatic heterocycles. The fourth-order valence-electron chi connectivity index (χ4n) is 3.10. The zero-order valence-electron chi connectivity index (χ0n) is 19.8. The van der Waals surface area contributed by atoms with Gasteiger partial charge in [0.1, 0.15) is 11.5 Å². The van der Waals surface area contributed by atoms with Crippen LogP contribution in [0, 0.1) is 6.92 Å². The first-order valence-corrected chi connectivity index (χ1v) is 13.1. The molecule has 2 N–H and O–H groups in total. The first-order chi connectivity index (χ1) is 17.6. The van der Waals surface area contributed by atoms with Gasteiger partial charge < -0.3 is 9.73 Å². The number of amides is 2. The molecule has 3 rings (SSSR count).